The number of hydrogen-bond donors (Lipinski definition) is 1. The van der Waals surface area contributed by atoms with Gasteiger partial charge in [0.1, 0.15) is 0 Å². The number of carbonyl (C=O) groups is 1. The van der Waals surface area contributed by atoms with Crippen molar-refractivity contribution >= 4 is 39.8 Å². The first-order chi connectivity index (χ1) is 11.4. The maximum absolute atomic E-state index is 12.7. The van der Waals surface area contributed by atoms with Crippen LogP contribution in [-0.2, 0) is 4.79 Å². The Morgan fingerprint density at radius 3 is 2.29 bits per heavy atom. The molecule has 0 unspecified atom stereocenters. The summed E-state index contributed by atoms with van der Waals surface area (Å²) in [6, 6.07) is 10.2. The van der Waals surface area contributed by atoms with Gasteiger partial charge in [-0.3, -0.25) is 4.79 Å². The zero-order chi connectivity index (χ0) is 17.7. The second-order valence-electron chi connectivity index (χ2n) is 6.06. The van der Waals surface area contributed by atoms with Crippen LogP contribution in [0, 0.1) is 0 Å². The highest BCUT2D eigenvalue weighted by Gasteiger charge is 2.26. The minimum absolute atomic E-state index is 0.137. The second-order valence-corrected chi connectivity index (χ2v) is 8.62. The number of thioether (sulfide) groups is 1. The molecule has 0 aliphatic rings. The molecule has 1 atom stereocenters. The maximum atomic E-state index is 12.7. The van der Waals surface area contributed by atoms with Gasteiger partial charge in [0.15, 0.2) is 4.34 Å². The van der Waals surface area contributed by atoms with Crippen LogP contribution >= 0.6 is 23.1 Å². The van der Waals surface area contributed by atoms with E-state index in [2.05, 4.69) is 15.5 Å². The standard InChI is InChI=1S/C17H24N4OS2/c1-11(2)21(12(3)4)15(22)13(5)23-17-20-19-16(24-17)18-14-9-7-6-8-10-14/h6-13H,1-5H3,(H,18,19)/t13-/m0/s1. The molecule has 0 saturated carbocycles. The van der Waals surface area contributed by atoms with Crippen LogP contribution < -0.4 is 5.32 Å². The molecule has 0 aliphatic carbocycles. The summed E-state index contributed by atoms with van der Waals surface area (Å²) in [7, 11) is 0. The molecule has 1 heterocycles. The van der Waals surface area contributed by atoms with Gasteiger partial charge in [-0.25, -0.2) is 0 Å². The fraction of sp³-hybridized carbons (Fsp3) is 0.471. The number of carbonyl (C=O) groups excluding carboxylic acids is 1. The zero-order valence-electron chi connectivity index (χ0n) is 14.7. The molecular weight excluding hydrogens is 340 g/mol. The molecule has 0 bridgehead atoms. The smallest absolute Gasteiger partial charge is 0.236 e. The molecule has 5 nitrogen and oxygen atoms in total. The minimum atomic E-state index is -0.188. The van der Waals surface area contributed by atoms with Crippen LogP contribution in [0.25, 0.3) is 0 Å². The van der Waals surface area contributed by atoms with Crippen molar-refractivity contribution in [3.05, 3.63) is 30.3 Å². The molecule has 1 aromatic carbocycles. The van der Waals surface area contributed by atoms with Crippen molar-refractivity contribution in [2.75, 3.05) is 5.32 Å². The number of aromatic nitrogens is 2. The van der Waals surface area contributed by atoms with Crippen LogP contribution in [0.1, 0.15) is 34.6 Å². The molecule has 130 valence electrons. The van der Waals surface area contributed by atoms with Crippen molar-refractivity contribution in [3.8, 4) is 0 Å². The van der Waals surface area contributed by atoms with E-state index < -0.39 is 0 Å². The first-order valence-electron chi connectivity index (χ1n) is 8.03. The maximum Gasteiger partial charge on any atom is 0.236 e. The van der Waals surface area contributed by atoms with Gasteiger partial charge in [0.2, 0.25) is 11.0 Å². The summed E-state index contributed by atoms with van der Waals surface area (Å²) in [5.74, 6) is 0.137. The largest absolute Gasteiger partial charge is 0.337 e. The first kappa shape index (κ1) is 18.7. The van der Waals surface area contributed by atoms with E-state index >= 15 is 0 Å². The average molecular weight is 365 g/mol. The predicted octanol–water partition coefficient (Wildman–Crippen LogP) is 4.41. The minimum Gasteiger partial charge on any atom is -0.337 e. The van der Waals surface area contributed by atoms with Gasteiger partial charge < -0.3 is 10.2 Å². The highest BCUT2D eigenvalue weighted by molar-refractivity contribution is 8.02. The second kappa shape index (κ2) is 8.48. The Bertz CT molecular complexity index is 650. The van der Waals surface area contributed by atoms with Crippen LogP contribution in [0.3, 0.4) is 0 Å². The number of anilines is 2. The Morgan fingerprint density at radius 1 is 1.08 bits per heavy atom. The Labute approximate surface area is 151 Å². The van der Waals surface area contributed by atoms with Gasteiger partial charge >= 0.3 is 0 Å². The molecule has 0 spiro atoms. The number of amides is 1. The Morgan fingerprint density at radius 2 is 1.71 bits per heavy atom. The number of para-hydroxylation sites is 1. The SMILES string of the molecule is CC(C)N(C(=O)[C@H](C)Sc1nnc(Nc2ccccc2)s1)C(C)C. The van der Waals surface area contributed by atoms with Crippen molar-refractivity contribution in [3.63, 3.8) is 0 Å². The van der Waals surface area contributed by atoms with Crippen molar-refractivity contribution < 1.29 is 4.79 Å². The van der Waals surface area contributed by atoms with Crippen molar-refractivity contribution in [2.45, 2.75) is 56.3 Å². The van der Waals surface area contributed by atoms with E-state index in [1.165, 1.54) is 23.1 Å². The average Bonchev–Trinajstić information content (AvgIpc) is 2.94. The zero-order valence-corrected chi connectivity index (χ0v) is 16.3. The van der Waals surface area contributed by atoms with Gasteiger partial charge in [-0.1, -0.05) is 41.3 Å². The molecule has 24 heavy (non-hydrogen) atoms. The van der Waals surface area contributed by atoms with Gasteiger partial charge in [-0.05, 0) is 46.8 Å². The lowest BCUT2D eigenvalue weighted by atomic mass is 10.2. The van der Waals surface area contributed by atoms with E-state index in [9.17, 15) is 4.79 Å². The molecule has 0 aliphatic heterocycles. The predicted molar refractivity (Wildman–Crippen MR) is 102 cm³/mol. The van der Waals surface area contributed by atoms with Crippen molar-refractivity contribution in [2.24, 2.45) is 0 Å². The van der Waals surface area contributed by atoms with Crippen LogP contribution in [-0.4, -0.2) is 38.3 Å². The lowest BCUT2D eigenvalue weighted by Crippen LogP contribution is -2.45. The Balaban J connectivity index is 1.99. The summed E-state index contributed by atoms with van der Waals surface area (Å²) in [6.45, 7) is 10.1. The fourth-order valence-corrected chi connectivity index (χ4v) is 4.44. The molecule has 2 aromatic rings. The first-order valence-corrected chi connectivity index (χ1v) is 9.72. The van der Waals surface area contributed by atoms with Crippen molar-refractivity contribution in [1.29, 1.82) is 0 Å². The van der Waals surface area contributed by atoms with Gasteiger partial charge in [-0.2, -0.15) is 0 Å². The van der Waals surface area contributed by atoms with Crippen molar-refractivity contribution in [1.82, 2.24) is 15.1 Å². The summed E-state index contributed by atoms with van der Waals surface area (Å²) in [5, 5.41) is 12.1. The molecule has 7 heteroatoms. The van der Waals surface area contributed by atoms with Gasteiger partial charge in [0.25, 0.3) is 0 Å². The van der Waals surface area contributed by atoms with Crippen LogP contribution in [0.2, 0.25) is 0 Å². The quantitative estimate of drug-likeness (QED) is 0.738. The third-order valence-corrected chi connectivity index (χ3v) is 5.43. The van der Waals surface area contributed by atoms with E-state index in [0.717, 1.165) is 15.2 Å². The topological polar surface area (TPSA) is 58.1 Å². The third kappa shape index (κ3) is 4.95. The number of benzene rings is 1. The summed E-state index contributed by atoms with van der Waals surface area (Å²) >= 11 is 2.92. The summed E-state index contributed by atoms with van der Waals surface area (Å²) in [4.78, 5) is 14.6. The summed E-state index contributed by atoms with van der Waals surface area (Å²) in [6.07, 6.45) is 0. The number of hydrogen-bond acceptors (Lipinski definition) is 6. The molecule has 1 aromatic heterocycles. The molecule has 2 rings (SSSR count). The molecule has 0 radical (unpaired) electrons. The molecule has 1 N–H and O–H groups in total. The number of rotatable bonds is 7. The normalized spacial score (nSPS) is 12.5. The summed E-state index contributed by atoms with van der Waals surface area (Å²) in [5.41, 5.74) is 0.972. The lowest BCUT2D eigenvalue weighted by Gasteiger charge is -2.32. The van der Waals surface area contributed by atoms with Crippen LogP contribution in [0.4, 0.5) is 10.8 Å². The highest BCUT2D eigenvalue weighted by Crippen LogP contribution is 2.31. The highest BCUT2D eigenvalue weighted by atomic mass is 32.2. The summed E-state index contributed by atoms with van der Waals surface area (Å²) < 4.78 is 0.793. The van der Waals surface area contributed by atoms with E-state index in [4.69, 9.17) is 0 Å². The molecule has 0 saturated heterocycles. The Hall–Kier alpha value is -1.60. The van der Waals surface area contributed by atoms with Gasteiger partial charge in [0, 0.05) is 17.8 Å². The van der Waals surface area contributed by atoms with Gasteiger partial charge in [0.05, 0.1) is 5.25 Å². The Kier molecular flexibility index (Phi) is 6.62. The third-order valence-electron chi connectivity index (χ3n) is 3.42. The van der Waals surface area contributed by atoms with E-state index in [1.807, 2.05) is 69.9 Å². The molecule has 0 fully saturated rings. The van der Waals surface area contributed by atoms with E-state index in [-0.39, 0.29) is 23.2 Å². The van der Waals surface area contributed by atoms with E-state index in [1.54, 1.807) is 0 Å². The van der Waals surface area contributed by atoms with Crippen LogP contribution in [0.15, 0.2) is 34.7 Å². The van der Waals surface area contributed by atoms with E-state index in [0.29, 0.717) is 0 Å². The monoisotopic (exact) mass is 364 g/mol. The van der Waals surface area contributed by atoms with Gasteiger partial charge in [-0.15, -0.1) is 10.2 Å². The fourth-order valence-electron chi connectivity index (χ4n) is 2.47. The lowest BCUT2D eigenvalue weighted by molar-refractivity contribution is -0.133. The number of nitrogens with zero attached hydrogens (tertiary/aromatic N) is 3. The van der Waals surface area contributed by atoms with Crippen LogP contribution in [0.5, 0.6) is 0 Å². The number of nitrogens with one attached hydrogen (secondary N) is 1. The molecule has 1 amide bonds. The molecular formula is C17H24N4OS2.